The van der Waals surface area contributed by atoms with E-state index >= 15 is 0 Å². The highest BCUT2D eigenvalue weighted by atomic mass is 19.4. The molecule has 2 aromatic heterocycles. The standard InChI is InChI=1S/C21H21F3N6O3/c1-10-3-4-12(6-14(10)21(22,23)24)29-20(32)17-7-15(30-33-17)11(2)5-16(31)18-13(8-25)19(26)28-9-27-18/h3-4,6-7,9,11H,5,8,25H2,1-2H3,(H,29,32)(H2,26,27,28)/t11-/m0/s1. The number of carbonyl (C=O) groups excluding carboxylic acids is 2. The van der Waals surface area contributed by atoms with Gasteiger partial charge >= 0.3 is 6.18 Å². The molecule has 0 radical (unpaired) electrons. The van der Waals surface area contributed by atoms with Crippen molar-refractivity contribution in [2.75, 3.05) is 11.1 Å². The molecule has 174 valence electrons. The van der Waals surface area contributed by atoms with Crippen LogP contribution in [0.1, 0.15) is 62.7 Å². The smallest absolute Gasteiger partial charge is 0.383 e. The zero-order valence-electron chi connectivity index (χ0n) is 17.7. The third kappa shape index (κ3) is 5.34. The molecule has 1 atom stereocenters. The number of carbonyl (C=O) groups is 2. The van der Waals surface area contributed by atoms with E-state index in [0.29, 0.717) is 11.3 Å². The van der Waals surface area contributed by atoms with Gasteiger partial charge in [-0.3, -0.25) is 9.59 Å². The average molecular weight is 462 g/mol. The fourth-order valence-corrected chi connectivity index (χ4v) is 3.17. The van der Waals surface area contributed by atoms with Crippen LogP contribution in [-0.2, 0) is 12.7 Å². The molecule has 5 N–H and O–H groups in total. The first-order valence-corrected chi connectivity index (χ1v) is 9.79. The van der Waals surface area contributed by atoms with E-state index < -0.39 is 23.6 Å². The minimum atomic E-state index is -4.55. The number of aromatic nitrogens is 3. The van der Waals surface area contributed by atoms with E-state index in [4.69, 9.17) is 16.0 Å². The van der Waals surface area contributed by atoms with Gasteiger partial charge < -0.3 is 21.3 Å². The minimum Gasteiger partial charge on any atom is -0.383 e. The summed E-state index contributed by atoms with van der Waals surface area (Å²) in [5.74, 6) is -1.68. The molecule has 0 aliphatic rings. The number of alkyl halides is 3. The van der Waals surface area contributed by atoms with Crippen molar-refractivity contribution in [1.29, 1.82) is 0 Å². The third-order valence-electron chi connectivity index (χ3n) is 5.00. The molecule has 0 aliphatic carbocycles. The van der Waals surface area contributed by atoms with E-state index in [1.54, 1.807) is 6.92 Å². The first-order chi connectivity index (χ1) is 15.5. The zero-order chi connectivity index (χ0) is 24.3. The molecule has 0 saturated carbocycles. The molecule has 9 nitrogen and oxygen atoms in total. The summed E-state index contributed by atoms with van der Waals surface area (Å²) in [6.45, 7) is 3.01. The minimum absolute atomic E-state index is 0.00846. The fourth-order valence-electron chi connectivity index (χ4n) is 3.17. The van der Waals surface area contributed by atoms with Crippen LogP contribution in [0.4, 0.5) is 24.7 Å². The molecule has 12 heteroatoms. The molecule has 0 fully saturated rings. The molecule has 33 heavy (non-hydrogen) atoms. The summed E-state index contributed by atoms with van der Waals surface area (Å²) < 4.78 is 44.3. The van der Waals surface area contributed by atoms with E-state index in [1.807, 2.05) is 0 Å². The molecule has 0 bridgehead atoms. The van der Waals surface area contributed by atoms with Gasteiger partial charge in [-0.2, -0.15) is 13.2 Å². The monoisotopic (exact) mass is 462 g/mol. The number of halogens is 3. The Hall–Kier alpha value is -3.80. The fraction of sp³-hybridized carbons (Fsp3) is 0.286. The lowest BCUT2D eigenvalue weighted by Gasteiger charge is -2.12. The maximum absolute atomic E-state index is 13.1. The van der Waals surface area contributed by atoms with Crippen LogP contribution in [0.3, 0.4) is 0 Å². The van der Waals surface area contributed by atoms with E-state index in [9.17, 15) is 22.8 Å². The number of anilines is 2. The first kappa shape index (κ1) is 23.9. The van der Waals surface area contributed by atoms with Crippen molar-refractivity contribution in [2.24, 2.45) is 5.73 Å². The lowest BCUT2D eigenvalue weighted by atomic mass is 9.97. The first-order valence-electron chi connectivity index (χ1n) is 9.79. The number of Topliss-reactive ketones (excluding diaryl/α,β-unsaturated/α-hetero) is 1. The summed E-state index contributed by atoms with van der Waals surface area (Å²) >= 11 is 0. The molecule has 0 saturated heterocycles. The number of aryl methyl sites for hydroxylation is 1. The number of ketones is 1. The van der Waals surface area contributed by atoms with E-state index in [0.717, 1.165) is 6.07 Å². The van der Waals surface area contributed by atoms with E-state index in [2.05, 4.69) is 20.4 Å². The van der Waals surface area contributed by atoms with Crippen molar-refractivity contribution in [3.8, 4) is 0 Å². The Morgan fingerprint density at radius 2 is 1.94 bits per heavy atom. The summed E-state index contributed by atoms with van der Waals surface area (Å²) in [6, 6.07) is 4.77. The van der Waals surface area contributed by atoms with Crippen LogP contribution in [0.5, 0.6) is 0 Å². The summed E-state index contributed by atoms with van der Waals surface area (Å²) in [5, 5.41) is 6.16. The van der Waals surface area contributed by atoms with Gasteiger partial charge in [0.25, 0.3) is 5.91 Å². The second kappa shape index (κ2) is 9.36. The number of rotatable bonds is 7. The van der Waals surface area contributed by atoms with Crippen molar-refractivity contribution < 1.29 is 27.3 Å². The Balaban J connectivity index is 1.71. The second-order valence-electron chi connectivity index (χ2n) is 7.42. The Bertz CT molecular complexity index is 1190. The van der Waals surface area contributed by atoms with Crippen molar-refractivity contribution in [3.05, 3.63) is 64.4 Å². The number of benzene rings is 1. The Kier molecular flexibility index (Phi) is 6.77. The molecule has 0 unspecified atom stereocenters. The summed E-state index contributed by atoms with van der Waals surface area (Å²) in [7, 11) is 0. The van der Waals surface area contributed by atoms with Crippen LogP contribution in [-0.4, -0.2) is 26.8 Å². The lowest BCUT2D eigenvalue weighted by molar-refractivity contribution is -0.138. The van der Waals surface area contributed by atoms with Gasteiger partial charge in [0.15, 0.2) is 5.78 Å². The van der Waals surface area contributed by atoms with Gasteiger partial charge in [-0.1, -0.05) is 18.1 Å². The van der Waals surface area contributed by atoms with E-state index in [1.165, 1.54) is 31.5 Å². The van der Waals surface area contributed by atoms with Gasteiger partial charge in [0.05, 0.1) is 11.3 Å². The third-order valence-corrected chi connectivity index (χ3v) is 5.00. The Morgan fingerprint density at radius 3 is 2.61 bits per heavy atom. The molecule has 1 amide bonds. The predicted octanol–water partition coefficient (Wildman–Crippen LogP) is 3.46. The van der Waals surface area contributed by atoms with Crippen molar-refractivity contribution in [1.82, 2.24) is 15.1 Å². The highest BCUT2D eigenvalue weighted by Crippen LogP contribution is 2.33. The lowest BCUT2D eigenvalue weighted by Crippen LogP contribution is -2.15. The molecule has 3 rings (SSSR count). The van der Waals surface area contributed by atoms with Crippen LogP contribution in [0.25, 0.3) is 0 Å². The quantitative estimate of drug-likeness (QED) is 0.452. The molecule has 1 aromatic carbocycles. The van der Waals surface area contributed by atoms with Gasteiger partial charge in [-0.15, -0.1) is 0 Å². The summed E-state index contributed by atoms with van der Waals surface area (Å²) in [4.78, 5) is 32.8. The Labute approximate surface area is 186 Å². The number of nitrogens with zero attached hydrogens (tertiary/aromatic N) is 3. The SMILES string of the molecule is Cc1ccc(NC(=O)c2cc([C@@H](C)CC(=O)c3ncnc(N)c3CN)no2)cc1C(F)(F)F. The van der Waals surface area contributed by atoms with Gasteiger partial charge in [0.2, 0.25) is 5.76 Å². The molecular formula is C21H21F3N6O3. The average Bonchev–Trinajstić information content (AvgIpc) is 3.24. The normalized spacial score (nSPS) is 12.4. The number of nitrogens with two attached hydrogens (primary N) is 2. The summed E-state index contributed by atoms with van der Waals surface area (Å²) in [5.41, 5.74) is 11.3. The highest BCUT2D eigenvalue weighted by molar-refractivity contribution is 6.02. The van der Waals surface area contributed by atoms with Crippen LogP contribution in [0, 0.1) is 6.92 Å². The van der Waals surface area contributed by atoms with Crippen molar-refractivity contribution >= 4 is 23.2 Å². The number of nitrogen functional groups attached to an aromatic ring is 1. The van der Waals surface area contributed by atoms with Gasteiger partial charge in [-0.05, 0) is 24.6 Å². The second-order valence-corrected chi connectivity index (χ2v) is 7.42. The van der Waals surface area contributed by atoms with Gasteiger partial charge in [0.1, 0.15) is 17.8 Å². The van der Waals surface area contributed by atoms with Crippen molar-refractivity contribution in [2.45, 2.75) is 38.9 Å². The van der Waals surface area contributed by atoms with Crippen molar-refractivity contribution in [3.63, 3.8) is 0 Å². The number of hydrogen-bond donors (Lipinski definition) is 3. The molecular weight excluding hydrogens is 441 g/mol. The predicted molar refractivity (Wildman–Crippen MR) is 112 cm³/mol. The van der Waals surface area contributed by atoms with Crippen LogP contribution in [0.15, 0.2) is 35.1 Å². The van der Waals surface area contributed by atoms with Gasteiger partial charge in [0, 0.05) is 36.2 Å². The van der Waals surface area contributed by atoms with Crippen LogP contribution >= 0.6 is 0 Å². The maximum Gasteiger partial charge on any atom is 0.416 e. The molecule has 3 aromatic rings. The van der Waals surface area contributed by atoms with Crippen LogP contribution in [0.2, 0.25) is 0 Å². The molecule has 0 spiro atoms. The summed E-state index contributed by atoms with van der Waals surface area (Å²) in [6.07, 6.45) is -3.41. The van der Waals surface area contributed by atoms with Crippen LogP contribution < -0.4 is 16.8 Å². The maximum atomic E-state index is 13.1. The zero-order valence-corrected chi connectivity index (χ0v) is 17.7. The number of nitrogens with one attached hydrogen (secondary N) is 1. The molecule has 2 heterocycles. The molecule has 0 aliphatic heterocycles. The number of hydrogen-bond acceptors (Lipinski definition) is 8. The van der Waals surface area contributed by atoms with E-state index in [-0.39, 0.29) is 47.3 Å². The number of amides is 1. The highest BCUT2D eigenvalue weighted by Gasteiger charge is 2.32. The topological polar surface area (TPSA) is 150 Å². The Morgan fingerprint density at radius 1 is 1.21 bits per heavy atom. The largest absolute Gasteiger partial charge is 0.416 e. The van der Waals surface area contributed by atoms with Gasteiger partial charge in [-0.25, -0.2) is 9.97 Å².